The fraction of sp³-hybridized carbons (Fsp3) is 0.529. The van der Waals surface area contributed by atoms with Gasteiger partial charge in [0.1, 0.15) is 0 Å². The number of rotatable bonds is 5. The first kappa shape index (κ1) is 19.5. The minimum Gasteiger partial charge on any atom is -0.308 e. The van der Waals surface area contributed by atoms with E-state index in [4.69, 9.17) is 11.6 Å². The van der Waals surface area contributed by atoms with Gasteiger partial charge in [0, 0.05) is 17.1 Å². The highest BCUT2D eigenvalue weighted by molar-refractivity contribution is 6.30. The molecule has 0 heterocycles. The van der Waals surface area contributed by atoms with E-state index in [2.05, 4.69) is 52.1 Å². The van der Waals surface area contributed by atoms with Gasteiger partial charge in [-0.2, -0.15) is 0 Å². The summed E-state index contributed by atoms with van der Waals surface area (Å²) in [6.07, 6.45) is 5.43. The summed E-state index contributed by atoms with van der Waals surface area (Å²) in [5.74, 6) is 0. The fourth-order valence-electron chi connectivity index (χ4n) is 2.49. The molecular formula is C17H27Cl2N. The maximum absolute atomic E-state index is 5.86. The van der Waals surface area contributed by atoms with Crippen molar-refractivity contribution >= 4 is 30.1 Å². The average Bonchev–Trinajstić information content (AvgIpc) is 2.23. The monoisotopic (exact) mass is 315 g/mol. The molecule has 1 rings (SSSR count). The smallest absolute Gasteiger partial charge is 0.0406 e. The Morgan fingerprint density at radius 1 is 1.05 bits per heavy atom. The summed E-state index contributed by atoms with van der Waals surface area (Å²) in [5.41, 5.74) is 1.68. The quantitative estimate of drug-likeness (QED) is 0.748. The molecule has 0 aliphatic heterocycles. The van der Waals surface area contributed by atoms with Crippen LogP contribution in [0.5, 0.6) is 0 Å². The first-order valence-corrected chi connectivity index (χ1v) is 7.23. The summed E-state index contributed by atoms with van der Waals surface area (Å²) in [6.45, 7) is 12.2. The number of benzene rings is 1. The van der Waals surface area contributed by atoms with Crippen LogP contribution >= 0.6 is 24.0 Å². The summed E-state index contributed by atoms with van der Waals surface area (Å²) in [7, 11) is 0. The average molecular weight is 316 g/mol. The lowest BCUT2D eigenvalue weighted by molar-refractivity contribution is 0.248. The second-order valence-corrected chi connectivity index (χ2v) is 7.39. The van der Waals surface area contributed by atoms with E-state index in [-0.39, 0.29) is 17.9 Å². The number of hydrogen-bond acceptors (Lipinski definition) is 1. The second kappa shape index (κ2) is 8.07. The number of nitrogens with one attached hydrogen (secondary N) is 1. The highest BCUT2D eigenvalue weighted by atomic mass is 35.5. The van der Waals surface area contributed by atoms with Gasteiger partial charge in [-0.3, -0.25) is 0 Å². The molecule has 0 bridgehead atoms. The van der Waals surface area contributed by atoms with E-state index < -0.39 is 0 Å². The van der Waals surface area contributed by atoms with Crippen molar-refractivity contribution in [1.29, 1.82) is 0 Å². The standard InChI is InChI=1S/C17H26ClN.ClH/c1-16(2,3)13-17(4,5)19-12-6-7-14-8-10-15(18)11-9-14;/h6-11,19H,12-13H2,1-5H3;1H/b7-6+;. The summed E-state index contributed by atoms with van der Waals surface area (Å²) < 4.78 is 0. The van der Waals surface area contributed by atoms with Gasteiger partial charge in [-0.15, -0.1) is 12.4 Å². The van der Waals surface area contributed by atoms with Gasteiger partial charge < -0.3 is 5.32 Å². The molecule has 0 aliphatic rings. The maximum Gasteiger partial charge on any atom is 0.0406 e. The molecule has 0 aromatic heterocycles. The molecule has 114 valence electrons. The Bertz CT molecular complexity index is 414. The van der Waals surface area contributed by atoms with Gasteiger partial charge in [-0.25, -0.2) is 0 Å². The number of halogens is 2. The van der Waals surface area contributed by atoms with E-state index in [0.29, 0.717) is 5.41 Å². The highest BCUT2D eigenvalue weighted by Crippen LogP contribution is 2.26. The minimum atomic E-state index is 0. The minimum absolute atomic E-state index is 0. The lowest BCUT2D eigenvalue weighted by atomic mass is 9.82. The molecule has 0 radical (unpaired) electrons. The van der Waals surface area contributed by atoms with Crippen molar-refractivity contribution in [3.05, 3.63) is 40.9 Å². The van der Waals surface area contributed by atoms with Gasteiger partial charge in [-0.05, 0) is 43.4 Å². The maximum atomic E-state index is 5.86. The van der Waals surface area contributed by atoms with E-state index in [1.165, 1.54) is 5.56 Å². The zero-order chi connectivity index (χ0) is 14.5. The van der Waals surface area contributed by atoms with Crippen LogP contribution in [0.25, 0.3) is 6.08 Å². The van der Waals surface area contributed by atoms with Gasteiger partial charge in [0.25, 0.3) is 0 Å². The van der Waals surface area contributed by atoms with Gasteiger partial charge >= 0.3 is 0 Å². The van der Waals surface area contributed by atoms with E-state index in [1.54, 1.807) is 0 Å². The third-order valence-corrected chi connectivity index (χ3v) is 3.10. The van der Waals surface area contributed by atoms with Crippen LogP contribution in [0.2, 0.25) is 5.02 Å². The molecule has 0 spiro atoms. The molecule has 0 amide bonds. The molecule has 0 atom stereocenters. The van der Waals surface area contributed by atoms with E-state index in [9.17, 15) is 0 Å². The Balaban J connectivity index is 0.00000361. The van der Waals surface area contributed by atoms with E-state index in [1.807, 2.05) is 24.3 Å². The Kier molecular flexibility index (Phi) is 7.87. The Morgan fingerprint density at radius 3 is 2.10 bits per heavy atom. The van der Waals surface area contributed by atoms with E-state index >= 15 is 0 Å². The summed E-state index contributed by atoms with van der Waals surface area (Å²) >= 11 is 5.86. The first-order chi connectivity index (χ1) is 8.68. The highest BCUT2D eigenvalue weighted by Gasteiger charge is 2.24. The third-order valence-electron chi connectivity index (χ3n) is 2.85. The molecule has 1 N–H and O–H groups in total. The zero-order valence-corrected chi connectivity index (χ0v) is 14.7. The molecule has 0 fully saturated rings. The third kappa shape index (κ3) is 8.63. The van der Waals surface area contributed by atoms with Crippen LogP contribution in [0.4, 0.5) is 0 Å². The predicted octanol–water partition coefficient (Wildman–Crippen LogP) is 5.58. The molecule has 3 heteroatoms. The molecule has 0 saturated heterocycles. The van der Waals surface area contributed by atoms with Crippen molar-refractivity contribution in [2.24, 2.45) is 5.41 Å². The van der Waals surface area contributed by atoms with Crippen LogP contribution in [0.1, 0.15) is 46.6 Å². The van der Waals surface area contributed by atoms with Crippen molar-refractivity contribution < 1.29 is 0 Å². The number of hydrogen-bond donors (Lipinski definition) is 1. The Hall–Kier alpha value is -0.500. The summed E-state index contributed by atoms with van der Waals surface area (Å²) in [4.78, 5) is 0. The van der Waals surface area contributed by atoms with Crippen molar-refractivity contribution in [3.8, 4) is 0 Å². The van der Waals surface area contributed by atoms with Gasteiger partial charge in [0.15, 0.2) is 0 Å². The zero-order valence-electron chi connectivity index (χ0n) is 13.2. The van der Waals surface area contributed by atoms with Crippen molar-refractivity contribution in [2.75, 3.05) is 6.54 Å². The molecule has 0 unspecified atom stereocenters. The Morgan fingerprint density at radius 2 is 1.60 bits per heavy atom. The normalized spacial score (nSPS) is 12.5. The van der Waals surface area contributed by atoms with Crippen LogP contribution in [0.15, 0.2) is 30.3 Å². The largest absolute Gasteiger partial charge is 0.308 e. The Labute approximate surface area is 135 Å². The van der Waals surface area contributed by atoms with Crippen LogP contribution in [-0.2, 0) is 0 Å². The molecule has 1 aromatic rings. The lowest BCUT2D eigenvalue weighted by Crippen LogP contribution is -2.42. The molecular weight excluding hydrogens is 289 g/mol. The van der Waals surface area contributed by atoms with Crippen molar-refractivity contribution in [1.82, 2.24) is 5.32 Å². The van der Waals surface area contributed by atoms with Crippen LogP contribution in [0, 0.1) is 5.41 Å². The lowest BCUT2D eigenvalue weighted by Gasteiger charge is -2.33. The van der Waals surface area contributed by atoms with Crippen molar-refractivity contribution in [3.63, 3.8) is 0 Å². The SMILES string of the molecule is CC(C)(C)CC(C)(C)NC/C=C/c1ccc(Cl)cc1.Cl. The first-order valence-electron chi connectivity index (χ1n) is 6.85. The van der Waals surface area contributed by atoms with Gasteiger partial charge in [-0.1, -0.05) is 56.7 Å². The summed E-state index contributed by atoms with van der Waals surface area (Å²) in [5, 5.41) is 4.36. The summed E-state index contributed by atoms with van der Waals surface area (Å²) in [6, 6.07) is 7.88. The molecule has 0 saturated carbocycles. The van der Waals surface area contributed by atoms with Crippen molar-refractivity contribution in [2.45, 2.75) is 46.6 Å². The van der Waals surface area contributed by atoms with Gasteiger partial charge in [0.05, 0.1) is 0 Å². The fourth-order valence-corrected chi connectivity index (χ4v) is 2.62. The molecule has 20 heavy (non-hydrogen) atoms. The van der Waals surface area contributed by atoms with Crippen LogP contribution in [0.3, 0.4) is 0 Å². The second-order valence-electron chi connectivity index (χ2n) is 6.96. The molecule has 0 aliphatic carbocycles. The van der Waals surface area contributed by atoms with Crippen LogP contribution < -0.4 is 5.32 Å². The molecule has 1 aromatic carbocycles. The van der Waals surface area contributed by atoms with Crippen LogP contribution in [-0.4, -0.2) is 12.1 Å². The topological polar surface area (TPSA) is 12.0 Å². The molecule has 1 nitrogen and oxygen atoms in total. The van der Waals surface area contributed by atoms with E-state index in [0.717, 1.165) is 18.0 Å². The van der Waals surface area contributed by atoms with Gasteiger partial charge in [0.2, 0.25) is 0 Å². The predicted molar refractivity (Wildman–Crippen MR) is 93.9 cm³/mol.